The van der Waals surface area contributed by atoms with Crippen LogP contribution < -0.4 is 15.4 Å². The number of rotatable bonds is 8. The first-order valence-electron chi connectivity index (χ1n) is 7.42. The van der Waals surface area contributed by atoms with E-state index >= 15 is 0 Å². The van der Waals surface area contributed by atoms with Crippen LogP contribution >= 0.6 is 24.0 Å². The molecule has 0 saturated carbocycles. The van der Waals surface area contributed by atoms with Gasteiger partial charge in [-0.15, -0.1) is 24.0 Å². The van der Waals surface area contributed by atoms with Crippen molar-refractivity contribution in [3.05, 3.63) is 29.8 Å². The molecular weight excluding hydrogens is 409 g/mol. The standard InChI is InChI=1S/C16H25N3O3.HI/c1-4-22-15(20)6-5-11-18-16(17-2)19-12-13-7-9-14(21-3)10-8-13;/h7-10H,4-6,11-12H2,1-3H3,(H2,17,18,19);1H. The summed E-state index contributed by atoms with van der Waals surface area (Å²) in [5.74, 6) is 1.38. The first-order valence-corrected chi connectivity index (χ1v) is 7.42. The molecule has 23 heavy (non-hydrogen) atoms. The van der Waals surface area contributed by atoms with Crippen molar-refractivity contribution >= 4 is 35.9 Å². The number of carbonyl (C=O) groups excluding carboxylic acids is 1. The van der Waals surface area contributed by atoms with Gasteiger partial charge in [0.05, 0.1) is 13.7 Å². The molecule has 7 heteroatoms. The molecule has 6 nitrogen and oxygen atoms in total. The third kappa shape index (κ3) is 9.27. The molecule has 2 N–H and O–H groups in total. The lowest BCUT2D eigenvalue weighted by molar-refractivity contribution is -0.143. The van der Waals surface area contributed by atoms with Crippen LogP contribution in [-0.2, 0) is 16.1 Å². The fraction of sp³-hybridized carbons (Fsp3) is 0.500. The lowest BCUT2D eigenvalue weighted by Crippen LogP contribution is -2.37. The van der Waals surface area contributed by atoms with Gasteiger partial charge in [-0.25, -0.2) is 0 Å². The molecule has 0 spiro atoms. The highest BCUT2D eigenvalue weighted by molar-refractivity contribution is 14.0. The second-order valence-electron chi connectivity index (χ2n) is 4.61. The highest BCUT2D eigenvalue weighted by atomic mass is 127. The van der Waals surface area contributed by atoms with Crippen molar-refractivity contribution in [3.8, 4) is 5.75 Å². The van der Waals surface area contributed by atoms with Gasteiger partial charge in [-0.2, -0.15) is 0 Å². The number of aliphatic imine (C=N–C) groups is 1. The van der Waals surface area contributed by atoms with Crippen LogP contribution in [-0.4, -0.2) is 39.2 Å². The van der Waals surface area contributed by atoms with Gasteiger partial charge in [-0.3, -0.25) is 9.79 Å². The molecule has 0 radical (unpaired) electrons. The van der Waals surface area contributed by atoms with Crippen molar-refractivity contribution in [3.63, 3.8) is 0 Å². The van der Waals surface area contributed by atoms with E-state index in [9.17, 15) is 4.79 Å². The maximum Gasteiger partial charge on any atom is 0.305 e. The fourth-order valence-electron chi connectivity index (χ4n) is 1.82. The topological polar surface area (TPSA) is 72.0 Å². The Kier molecular flexibility index (Phi) is 12.1. The summed E-state index contributed by atoms with van der Waals surface area (Å²) in [6.45, 7) is 3.57. The van der Waals surface area contributed by atoms with Crippen LogP contribution in [0.4, 0.5) is 0 Å². The van der Waals surface area contributed by atoms with Gasteiger partial charge in [0, 0.05) is 26.6 Å². The number of esters is 1. The smallest absolute Gasteiger partial charge is 0.305 e. The minimum absolute atomic E-state index is 0. The van der Waals surface area contributed by atoms with Gasteiger partial charge in [-0.1, -0.05) is 12.1 Å². The van der Waals surface area contributed by atoms with E-state index < -0.39 is 0 Å². The lowest BCUT2D eigenvalue weighted by Gasteiger charge is -2.12. The van der Waals surface area contributed by atoms with E-state index in [1.807, 2.05) is 24.3 Å². The van der Waals surface area contributed by atoms with Gasteiger partial charge in [0.1, 0.15) is 5.75 Å². The van der Waals surface area contributed by atoms with E-state index in [1.54, 1.807) is 21.1 Å². The van der Waals surface area contributed by atoms with Crippen LogP contribution in [0.5, 0.6) is 5.75 Å². The van der Waals surface area contributed by atoms with Crippen molar-refractivity contribution in [1.82, 2.24) is 10.6 Å². The zero-order valence-electron chi connectivity index (χ0n) is 13.9. The summed E-state index contributed by atoms with van der Waals surface area (Å²) >= 11 is 0. The second kappa shape index (κ2) is 13.0. The lowest BCUT2D eigenvalue weighted by atomic mass is 10.2. The molecule has 0 fully saturated rings. The number of nitrogens with zero attached hydrogens (tertiary/aromatic N) is 1. The van der Waals surface area contributed by atoms with Gasteiger partial charge >= 0.3 is 5.97 Å². The first kappa shape index (κ1) is 21.5. The Morgan fingerprint density at radius 1 is 1.22 bits per heavy atom. The number of halogens is 1. The van der Waals surface area contributed by atoms with Gasteiger partial charge in [0.25, 0.3) is 0 Å². The zero-order valence-corrected chi connectivity index (χ0v) is 16.3. The average Bonchev–Trinajstić information content (AvgIpc) is 2.55. The van der Waals surface area contributed by atoms with E-state index in [-0.39, 0.29) is 29.9 Å². The van der Waals surface area contributed by atoms with Crippen molar-refractivity contribution in [2.24, 2.45) is 4.99 Å². The van der Waals surface area contributed by atoms with Crippen LogP contribution in [0, 0.1) is 0 Å². The molecule has 0 aliphatic carbocycles. The molecule has 1 rings (SSSR count). The van der Waals surface area contributed by atoms with Gasteiger partial charge in [-0.05, 0) is 31.0 Å². The molecule has 0 bridgehead atoms. The number of nitrogens with one attached hydrogen (secondary N) is 2. The number of carbonyl (C=O) groups is 1. The van der Waals surface area contributed by atoms with Crippen molar-refractivity contribution in [2.45, 2.75) is 26.3 Å². The van der Waals surface area contributed by atoms with E-state index in [0.29, 0.717) is 38.5 Å². The SMILES string of the molecule is CCOC(=O)CCCNC(=NC)NCc1ccc(OC)cc1.I. The summed E-state index contributed by atoms with van der Waals surface area (Å²) in [4.78, 5) is 15.4. The van der Waals surface area contributed by atoms with Crippen molar-refractivity contribution in [2.75, 3.05) is 27.3 Å². The Morgan fingerprint density at radius 3 is 2.48 bits per heavy atom. The summed E-state index contributed by atoms with van der Waals surface area (Å²) in [5.41, 5.74) is 1.13. The summed E-state index contributed by atoms with van der Waals surface area (Å²) in [7, 11) is 3.37. The largest absolute Gasteiger partial charge is 0.497 e. The van der Waals surface area contributed by atoms with Crippen LogP contribution in [0.25, 0.3) is 0 Å². The third-order valence-corrected chi connectivity index (χ3v) is 3.00. The fourth-order valence-corrected chi connectivity index (χ4v) is 1.82. The van der Waals surface area contributed by atoms with Gasteiger partial charge in [0.15, 0.2) is 5.96 Å². The van der Waals surface area contributed by atoms with Crippen LogP contribution in [0.15, 0.2) is 29.3 Å². The highest BCUT2D eigenvalue weighted by Crippen LogP contribution is 2.10. The molecule has 0 atom stereocenters. The van der Waals surface area contributed by atoms with Crippen LogP contribution in [0.2, 0.25) is 0 Å². The Labute approximate surface area is 155 Å². The van der Waals surface area contributed by atoms with E-state index in [2.05, 4.69) is 15.6 Å². The highest BCUT2D eigenvalue weighted by Gasteiger charge is 2.02. The Morgan fingerprint density at radius 2 is 1.91 bits per heavy atom. The maximum absolute atomic E-state index is 11.2. The molecule has 0 aliphatic heterocycles. The normalized spacial score (nSPS) is 10.5. The predicted molar refractivity (Wildman–Crippen MR) is 102 cm³/mol. The third-order valence-electron chi connectivity index (χ3n) is 3.00. The van der Waals surface area contributed by atoms with Crippen molar-refractivity contribution < 1.29 is 14.3 Å². The molecule has 0 saturated heterocycles. The molecule has 1 aromatic rings. The quantitative estimate of drug-likeness (QED) is 0.216. The first-order chi connectivity index (χ1) is 10.7. The van der Waals surface area contributed by atoms with E-state index in [1.165, 1.54) is 0 Å². The van der Waals surface area contributed by atoms with Gasteiger partial charge < -0.3 is 20.1 Å². The second-order valence-corrected chi connectivity index (χ2v) is 4.61. The number of methoxy groups -OCH3 is 1. The summed E-state index contributed by atoms with van der Waals surface area (Å²) < 4.78 is 10.0. The minimum atomic E-state index is -0.162. The molecule has 0 unspecified atom stereocenters. The zero-order chi connectivity index (χ0) is 16.2. The van der Waals surface area contributed by atoms with E-state index in [0.717, 1.165) is 11.3 Å². The number of benzene rings is 1. The molecule has 130 valence electrons. The Balaban J connectivity index is 0.00000484. The monoisotopic (exact) mass is 435 g/mol. The summed E-state index contributed by atoms with van der Waals surface area (Å²) in [6.07, 6.45) is 1.12. The summed E-state index contributed by atoms with van der Waals surface area (Å²) in [6, 6.07) is 7.85. The molecular formula is C16H26IN3O3. The number of hydrogen-bond donors (Lipinski definition) is 2. The molecule has 0 aliphatic rings. The Hall–Kier alpha value is -1.51. The van der Waals surface area contributed by atoms with Crippen LogP contribution in [0.1, 0.15) is 25.3 Å². The number of guanidine groups is 1. The van der Waals surface area contributed by atoms with Gasteiger partial charge in [0.2, 0.25) is 0 Å². The minimum Gasteiger partial charge on any atom is -0.497 e. The van der Waals surface area contributed by atoms with Crippen LogP contribution in [0.3, 0.4) is 0 Å². The summed E-state index contributed by atoms with van der Waals surface area (Å²) in [5, 5.41) is 6.38. The van der Waals surface area contributed by atoms with E-state index in [4.69, 9.17) is 9.47 Å². The predicted octanol–water partition coefficient (Wildman–Crippen LogP) is 2.32. The molecule has 0 amide bonds. The molecule has 1 aromatic carbocycles. The maximum atomic E-state index is 11.2. The Bertz CT molecular complexity index is 478. The number of ether oxygens (including phenoxy) is 2. The number of hydrogen-bond acceptors (Lipinski definition) is 4. The van der Waals surface area contributed by atoms with Crippen molar-refractivity contribution in [1.29, 1.82) is 0 Å². The average molecular weight is 435 g/mol. The molecule has 0 aromatic heterocycles. The molecule has 0 heterocycles.